The van der Waals surface area contributed by atoms with E-state index in [1.165, 1.54) is 7.11 Å². The quantitative estimate of drug-likeness (QED) is 0.370. The van der Waals surface area contributed by atoms with Crippen LogP contribution < -0.4 is 10.1 Å². The highest BCUT2D eigenvalue weighted by molar-refractivity contribution is 9.11. The van der Waals surface area contributed by atoms with Crippen LogP contribution in [0.15, 0.2) is 74.6 Å². The van der Waals surface area contributed by atoms with Gasteiger partial charge in [-0.25, -0.2) is 4.79 Å². The number of methoxy groups -OCH3 is 2. The molecule has 4 rings (SSSR count). The Labute approximate surface area is 208 Å². The molecule has 0 aromatic heterocycles. The Morgan fingerprint density at radius 3 is 2.39 bits per heavy atom. The number of hydrogen-bond donors (Lipinski definition) is 2. The second kappa shape index (κ2) is 10.1. The van der Waals surface area contributed by atoms with E-state index >= 15 is 0 Å². The summed E-state index contributed by atoms with van der Waals surface area (Å²) in [6, 6.07) is 18.5. The molecule has 3 aromatic rings. The molecule has 0 aliphatic carbocycles. The second-order valence-corrected chi connectivity index (χ2v) is 9.34. The van der Waals surface area contributed by atoms with Gasteiger partial charge in [0.25, 0.3) is 0 Å². The van der Waals surface area contributed by atoms with Crippen molar-refractivity contribution in [2.24, 2.45) is 4.99 Å². The topological polar surface area (TPSA) is 80.2 Å². The number of esters is 1. The molecule has 6 nitrogen and oxygen atoms in total. The molecule has 170 valence electrons. The number of nitrogens with zero attached hydrogens (tertiary/aromatic N) is 1. The number of benzene rings is 3. The first-order chi connectivity index (χ1) is 15.9. The van der Waals surface area contributed by atoms with Crippen molar-refractivity contribution >= 4 is 43.5 Å². The Bertz CT molecular complexity index is 1190. The van der Waals surface area contributed by atoms with E-state index in [0.29, 0.717) is 16.5 Å². The summed E-state index contributed by atoms with van der Waals surface area (Å²) >= 11 is 6.95. The van der Waals surface area contributed by atoms with E-state index in [1.807, 2.05) is 48.5 Å². The maximum atomic E-state index is 11.8. The average Bonchev–Trinajstić information content (AvgIpc) is 2.85. The lowest BCUT2D eigenvalue weighted by atomic mass is 9.93. The number of nitrogens with one attached hydrogen (secondary N) is 1. The number of halogens is 2. The van der Waals surface area contributed by atoms with Crippen molar-refractivity contribution in [1.82, 2.24) is 5.32 Å². The first-order valence-electron chi connectivity index (χ1n) is 10.2. The number of phenolic OH excluding ortho intramolecular Hbond substituents is 1. The van der Waals surface area contributed by atoms with E-state index in [2.05, 4.69) is 37.2 Å². The van der Waals surface area contributed by atoms with Gasteiger partial charge >= 0.3 is 5.97 Å². The van der Waals surface area contributed by atoms with Crippen molar-refractivity contribution in [1.29, 1.82) is 0 Å². The van der Waals surface area contributed by atoms with Crippen LogP contribution in [0.4, 0.5) is 0 Å². The Morgan fingerprint density at radius 1 is 1.06 bits per heavy atom. The number of ether oxygens (including phenoxy) is 2. The second-order valence-electron chi connectivity index (χ2n) is 7.57. The molecule has 0 radical (unpaired) electrons. The third-order valence-corrected chi connectivity index (χ3v) is 6.61. The van der Waals surface area contributed by atoms with Gasteiger partial charge in [-0.2, -0.15) is 0 Å². The zero-order valence-corrected chi connectivity index (χ0v) is 21.2. The van der Waals surface area contributed by atoms with Crippen LogP contribution in [0.25, 0.3) is 0 Å². The van der Waals surface area contributed by atoms with Crippen molar-refractivity contribution in [3.63, 3.8) is 0 Å². The van der Waals surface area contributed by atoms with Gasteiger partial charge in [-0.05, 0) is 75.6 Å². The van der Waals surface area contributed by atoms with Crippen molar-refractivity contribution in [2.75, 3.05) is 14.2 Å². The molecule has 3 aromatic carbocycles. The van der Waals surface area contributed by atoms with Crippen molar-refractivity contribution in [3.05, 3.63) is 91.9 Å². The normalized spacial score (nSPS) is 17.9. The van der Waals surface area contributed by atoms with E-state index in [4.69, 9.17) is 14.5 Å². The highest BCUT2D eigenvalue weighted by Crippen LogP contribution is 2.39. The molecule has 0 spiro atoms. The van der Waals surface area contributed by atoms with Crippen LogP contribution in [0, 0.1) is 0 Å². The molecule has 33 heavy (non-hydrogen) atoms. The Kier molecular flexibility index (Phi) is 7.17. The van der Waals surface area contributed by atoms with Gasteiger partial charge in [0, 0.05) is 28.2 Å². The van der Waals surface area contributed by atoms with Gasteiger partial charge < -0.3 is 14.6 Å². The summed E-state index contributed by atoms with van der Waals surface area (Å²) in [5, 5.41) is 14.3. The molecule has 0 unspecified atom stereocenters. The molecule has 0 saturated carbocycles. The molecular weight excluding hydrogens is 552 g/mol. The number of rotatable bonds is 5. The van der Waals surface area contributed by atoms with Crippen LogP contribution in [0.1, 0.15) is 45.7 Å². The summed E-state index contributed by atoms with van der Waals surface area (Å²) in [5.74, 6) is 0.571. The molecule has 0 saturated heterocycles. The van der Waals surface area contributed by atoms with Crippen molar-refractivity contribution in [3.8, 4) is 11.5 Å². The maximum Gasteiger partial charge on any atom is 0.337 e. The Morgan fingerprint density at radius 2 is 1.76 bits per heavy atom. The van der Waals surface area contributed by atoms with Crippen molar-refractivity contribution in [2.45, 2.75) is 18.6 Å². The maximum absolute atomic E-state index is 11.8. The average molecular weight is 574 g/mol. The zero-order valence-electron chi connectivity index (χ0n) is 18.0. The molecule has 1 heterocycles. The number of carbonyl (C=O) groups is 1. The third kappa shape index (κ3) is 5.13. The molecular formula is C25H22Br2N2O4. The predicted octanol–water partition coefficient (Wildman–Crippen LogP) is 5.93. The fourth-order valence-corrected chi connectivity index (χ4v) is 5.06. The summed E-state index contributed by atoms with van der Waals surface area (Å²) in [4.78, 5) is 16.8. The van der Waals surface area contributed by atoms with E-state index in [9.17, 15) is 9.90 Å². The Hall–Kier alpha value is -2.68. The monoisotopic (exact) mass is 572 g/mol. The van der Waals surface area contributed by atoms with Crippen LogP contribution in [-0.2, 0) is 4.74 Å². The number of hydrogen-bond acceptors (Lipinski definition) is 6. The van der Waals surface area contributed by atoms with Gasteiger partial charge in [0.2, 0.25) is 0 Å². The smallest absolute Gasteiger partial charge is 0.337 e. The summed E-state index contributed by atoms with van der Waals surface area (Å²) in [5.41, 5.74) is 4.01. The number of aromatic hydroxyl groups is 1. The highest BCUT2D eigenvalue weighted by Gasteiger charge is 2.28. The largest absolute Gasteiger partial charge is 0.506 e. The SMILES string of the molecule is COC(=O)c1ccc([C@H]2N=C(c3ccc(OC)cc3)C[C@@H](c3cc(Br)cc(Br)c3O)N2)cc1. The fraction of sp³-hybridized carbons (Fsp3) is 0.200. The number of phenols is 1. The molecule has 2 atom stereocenters. The molecule has 8 heteroatoms. The number of aliphatic imine (C=N–C) groups is 1. The zero-order chi connectivity index (χ0) is 23.5. The standard InChI is InChI=1S/C25H22Br2N2O4/c1-32-18-9-7-14(8-10-18)21-13-22(19-11-17(26)12-20(27)23(19)30)29-24(28-21)15-3-5-16(6-4-15)25(31)33-2/h3-12,22,24,29-30H,13H2,1-2H3/t22-,24-/m0/s1. The minimum absolute atomic E-state index is 0.187. The van der Waals surface area contributed by atoms with Crippen LogP contribution in [0.3, 0.4) is 0 Å². The molecule has 0 bridgehead atoms. The Balaban J connectivity index is 1.74. The van der Waals surface area contributed by atoms with Crippen LogP contribution in [0.2, 0.25) is 0 Å². The summed E-state index contributed by atoms with van der Waals surface area (Å²) in [7, 11) is 2.99. The van der Waals surface area contributed by atoms with Gasteiger partial charge in [-0.15, -0.1) is 0 Å². The molecule has 0 fully saturated rings. The first-order valence-corrected chi connectivity index (χ1v) is 11.8. The van der Waals surface area contributed by atoms with E-state index in [1.54, 1.807) is 19.2 Å². The first kappa shape index (κ1) is 23.5. The van der Waals surface area contributed by atoms with E-state index < -0.39 is 0 Å². The van der Waals surface area contributed by atoms with E-state index in [-0.39, 0.29) is 23.9 Å². The summed E-state index contributed by atoms with van der Waals surface area (Å²) < 4.78 is 11.6. The van der Waals surface area contributed by atoms with Crippen LogP contribution in [-0.4, -0.2) is 31.0 Å². The fourth-order valence-electron chi connectivity index (χ4n) is 3.81. The van der Waals surface area contributed by atoms with Gasteiger partial charge in [-0.1, -0.05) is 28.1 Å². The summed E-state index contributed by atoms with van der Waals surface area (Å²) in [6.07, 6.45) is 0.212. The molecule has 1 aliphatic rings. The lowest BCUT2D eigenvalue weighted by Gasteiger charge is -2.31. The van der Waals surface area contributed by atoms with Crippen LogP contribution in [0.5, 0.6) is 11.5 Å². The predicted molar refractivity (Wildman–Crippen MR) is 134 cm³/mol. The highest BCUT2D eigenvalue weighted by atomic mass is 79.9. The van der Waals surface area contributed by atoms with Crippen molar-refractivity contribution < 1.29 is 19.4 Å². The van der Waals surface area contributed by atoms with Gasteiger partial charge in [0.1, 0.15) is 17.7 Å². The minimum Gasteiger partial charge on any atom is -0.506 e. The number of carbonyl (C=O) groups excluding carboxylic acids is 1. The van der Waals surface area contributed by atoms with Gasteiger partial charge in [-0.3, -0.25) is 10.3 Å². The lowest BCUT2D eigenvalue weighted by molar-refractivity contribution is 0.0600. The molecule has 0 amide bonds. The molecule has 1 aliphatic heterocycles. The van der Waals surface area contributed by atoms with Gasteiger partial charge in [0.15, 0.2) is 0 Å². The van der Waals surface area contributed by atoms with E-state index in [0.717, 1.165) is 32.6 Å². The van der Waals surface area contributed by atoms with Gasteiger partial charge in [0.05, 0.1) is 24.3 Å². The third-order valence-electron chi connectivity index (χ3n) is 5.55. The molecule has 2 N–H and O–H groups in total. The lowest BCUT2D eigenvalue weighted by Crippen LogP contribution is -2.33. The minimum atomic E-state index is -0.387. The summed E-state index contributed by atoms with van der Waals surface area (Å²) in [6.45, 7) is 0. The van der Waals surface area contributed by atoms with Crippen LogP contribution >= 0.6 is 31.9 Å².